The number of halogens is 2. The maximum atomic E-state index is 13.0. The zero-order valence-corrected chi connectivity index (χ0v) is 15.3. The first-order valence-corrected chi connectivity index (χ1v) is 8.22. The molecule has 4 nitrogen and oxygen atoms in total. The Hall–Kier alpha value is -0.620. The van der Waals surface area contributed by atoms with E-state index in [0.29, 0.717) is 32.8 Å². The summed E-state index contributed by atoms with van der Waals surface area (Å²) in [5.74, 6) is 0.163. The monoisotopic (exact) mass is 390 g/mol. The largest absolute Gasteiger partial charge is 0.381 e. The van der Waals surface area contributed by atoms with Crippen LogP contribution in [0.1, 0.15) is 25.3 Å². The molecule has 0 unspecified atom stereocenters. The van der Waals surface area contributed by atoms with E-state index in [4.69, 9.17) is 10.5 Å². The SMILES string of the molecule is CCN(Cc1cccc(Br)c1)C(=O)C1(CN)CCOCC1.Cl. The lowest BCUT2D eigenvalue weighted by Gasteiger charge is -2.38. The fourth-order valence-corrected chi connectivity index (χ4v) is 3.23. The molecule has 0 bridgehead atoms. The molecule has 2 rings (SSSR count). The number of rotatable bonds is 5. The molecule has 2 N–H and O–H groups in total. The molecule has 1 heterocycles. The average molecular weight is 392 g/mol. The lowest BCUT2D eigenvalue weighted by atomic mass is 9.78. The topological polar surface area (TPSA) is 55.6 Å². The first kappa shape index (κ1) is 19.4. The maximum Gasteiger partial charge on any atom is 0.230 e. The molecule has 0 atom stereocenters. The van der Waals surface area contributed by atoms with E-state index < -0.39 is 5.41 Å². The van der Waals surface area contributed by atoms with Crippen molar-refractivity contribution in [3.05, 3.63) is 34.3 Å². The van der Waals surface area contributed by atoms with Crippen molar-refractivity contribution in [2.45, 2.75) is 26.3 Å². The Bertz CT molecular complexity index is 493. The smallest absolute Gasteiger partial charge is 0.230 e. The molecular formula is C16H24BrClN2O2. The second kappa shape index (κ2) is 8.87. The summed E-state index contributed by atoms with van der Waals surface area (Å²) in [7, 11) is 0. The van der Waals surface area contributed by atoms with Gasteiger partial charge in [0.25, 0.3) is 0 Å². The van der Waals surface area contributed by atoms with Crippen LogP contribution in [0.4, 0.5) is 0 Å². The number of ether oxygens (including phenoxy) is 1. The van der Waals surface area contributed by atoms with E-state index in [0.717, 1.165) is 22.9 Å². The van der Waals surface area contributed by atoms with Gasteiger partial charge in [-0.3, -0.25) is 4.79 Å². The molecule has 0 spiro atoms. The van der Waals surface area contributed by atoms with E-state index in [2.05, 4.69) is 22.0 Å². The molecule has 0 aliphatic carbocycles. The van der Waals surface area contributed by atoms with Gasteiger partial charge in [-0.1, -0.05) is 28.1 Å². The second-order valence-electron chi connectivity index (χ2n) is 5.55. The fraction of sp³-hybridized carbons (Fsp3) is 0.562. The zero-order chi connectivity index (χ0) is 15.3. The summed E-state index contributed by atoms with van der Waals surface area (Å²) in [6, 6.07) is 8.07. The number of hydrogen-bond acceptors (Lipinski definition) is 3. The lowest BCUT2D eigenvalue weighted by molar-refractivity contribution is -0.147. The first-order chi connectivity index (χ1) is 10.1. The third kappa shape index (κ3) is 4.44. The van der Waals surface area contributed by atoms with Crippen LogP contribution in [0.3, 0.4) is 0 Å². The van der Waals surface area contributed by atoms with Gasteiger partial charge < -0.3 is 15.4 Å². The summed E-state index contributed by atoms with van der Waals surface area (Å²) < 4.78 is 6.42. The highest BCUT2D eigenvalue weighted by molar-refractivity contribution is 9.10. The van der Waals surface area contributed by atoms with Crippen LogP contribution in [0.25, 0.3) is 0 Å². The Morgan fingerprint density at radius 2 is 2.09 bits per heavy atom. The molecule has 22 heavy (non-hydrogen) atoms. The standard InChI is InChI=1S/C16H23BrN2O2.ClH/c1-2-19(11-13-4-3-5-14(17)10-13)15(20)16(12-18)6-8-21-9-7-16;/h3-5,10H,2,6-9,11-12,18H2,1H3;1H. The Balaban J connectivity index is 0.00000242. The molecule has 1 amide bonds. The minimum atomic E-state index is -0.444. The summed E-state index contributed by atoms with van der Waals surface area (Å²) in [4.78, 5) is 14.9. The van der Waals surface area contributed by atoms with Gasteiger partial charge in [-0.25, -0.2) is 0 Å². The van der Waals surface area contributed by atoms with Crippen LogP contribution in [0.2, 0.25) is 0 Å². The van der Waals surface area contributed by atoms with E-state index in [-0.39, 0.29) is 18.3 Å². The van der Waals surface area contributed by atoms with Gasteiger partial charge in [0.2, 0.25) is 5.91 Å². The summed E-state index contributed by atoms with van der Waals surface area (Å²) >= 11 is 3.47. The minimum Gasteiger partial charge on any atom is -0.381 e. The van der Waals surface area contributed by atoms with Gasteiger partial charge in [0, 0.05) is 37.3 Å². The molecule has 1 saturated heterocycles. The van der Waals surface area contributed by atoms with Crippen LogP contribution in [0.15, 0.2) is 28.7 Å². The highest BCUT2D eigenvalue weighted by atomic mass is 79.9. The predicted molar refractivity (Wildman–Crippen MR) is 94.0 cm³/mol. The molecule has 1 aliphatic heterocycles. The van der Waals surface area contributed by atoms with E-state index in [1.54, 1.807) is 0 Å². The van der Waals surface area contributed by atoms with Crippen LogP contribution in [-0.2, 0) is 16.1 Å². The van der Waals surface area contributed by atoms with Crippen molar-refractivity contribution in [3.8, 4) is 0 Å². The number of benzene rings is 1. The Morgan fingerprint density at radius 3 is 2.64 bits per heavy atom. The quantitative estimate of drug-likeness (QED) is 0.839. The van der Waals surface area contributed by atoms with Crippen LogP contribution >= 0.6 is 28.3 Å². The van der Waals surface area contributed by atoms with Gasteiger partial charge in [0.05, 0.1) is 5.41 Å². The third-order valence-electron chi connectivity index (χ3n) is 4.23. The number of nitrogens with two attached hydrogens (primary N) is 1. The first-order valence-electron chi connectivity index (χ1n) is 7.43. The molecule has 0 radical (unpaired) electrons. The Kier molecular flexibility index (Phi) is 7.83. The summed E-state index contributed by atoms with van der Waals surface area (Å²) in [6.45, 7) is 4.96. The molecule has 6 heteroatoms. The van der Waals surface area contributed by atoms with Crippen molar-refractivity contribution in [3.63, 3.8) is 0 Å². The molecule has 0 aromatic heterocycles. The number of nitrogens with zero attached hydrogens (tertiary/aromatic N) is 1. The zero-order valence-electron chi connectivity index (χ0n) is 12.9. The van der Waals surface area contributed by atoms with Crippen LogP contribution in [0, 0.1) is 5.41 Å². The summed E-state index contributed by atoms with van der Waals surface area (Å²) in [5.41, 5.74) is 6.62. The molecule has 1 aromatic carbocycles. The van der Waals surface area contributed by atoms with E-state index in [9.17, 15) is 4.79 Å². The number of amides is 1. The van der Waals surface area contributed by atoms with E-state index in [1.807, 2.05) is 30.0 Å². The van der Waals surface area contributed by atoms with E-state index in [1.165, 1.54) is 0 Å². The van der Waals surface area contributed by atoms with Crippen molar-refractivity contribution in [2.75, 3.05) is 26.3 Å². The fourth-order valence-electron chi connectivity index (χ4n) is 2.79. The second-order valence-corrected chi connectivity index (χ2v) is 6.46. The highest BCUT2D eigenvalue weighted by Gasteiger charge is 2.41. The Morgan fingerprint density at radius 1 is 1.41 bits per heavy atom. The average Bonchev–Trinajstić information content (AvgIpc) is 2.52. The van der Waals surface area contributed by atoms with Crippen LogP contribution in [-0.4, -0.2) is 37.1 Å². The third-order valence-corrected chi connectivity index (χ3v) is 4.72. The molecule has 1 aromatic rings. The van der Waals surface area contributed by atoms with Gasteiger partial charge in [-0.2, -0.15) is 0 Å². The summed E-state index contributed by atoms with van der Waals surface area (Å²) in [5, 5.41) is 0. The van der Waals surface area contributed by atoms with Gasteiger partial charge in [-0.05, 0) is 37.5 Å². The van der Waals surface area contributed by atoms with E-state index >= 15 is 0 Å². The molecule has 0 saturated carbocycles. The Labute approximate surface area is 146 Å². The van der Waals surface area contributed by atoms with Crippen molar-refractivity contribution >= 4 is 34.2 Å². The summed E-state index contributed by atoms with van der Waals surface area (Å²) in [6.07, 6.45) is 1.44. The molecule has 124 valence electrons. The number of carbonyl (C=O) groups excluding carboxylic acids is 1. The van der Waals surface area contributed by atoms with Crippen molar-refractivity contribution < 1.29 is 9.53 Å². The normalized spacial score (nSPS) is 16.7. The van der Waals surface area contributed by atoms with Gasteiger partial charge in [0.1, 0.15) is 0 Å². The minimum absolute atomic E-state index is 0. The molecule has 1 fully saturated rings. The van der Waals surface area contributed by atoms with Crippen LogP contribution < -0.4 is 5.73 Å². The van der Waals surface area contributed by atoms with Gasteiger partial charge >= 0.3 is 0 Å². The molecular weight excluding hydrogens is 368 g/mol. The highest BCUT2D eigenvalue weighted by Crippen LogP contribution is 2.32. The molecule has 1 aliphatic rings. The van der Waals surface area contributed by atoms with Crippen molar-refractivity contribution in [1.29, 1.82) is 0 Å². The maximum absolute atomic E-state index is 13.0. The van der Waals surface area contributed by atoms with Crippen molar-refractivity contribution in [1.82, 2.24) is 4.90 Å². The lowest BCUT2D eigenvalue weighted by Crippen LogP contribution is -2.50. The number of carbonyl (C=O) groups is 1. The van der Waals surface area contributed by atoms with Crippen molar-refractivity contribution in [2.24, 2.45) is 11.1 Å². The van der Waals surface area contributed by atoms with Gasteiger partial charge in [0.15, 0.2) is 0 Å². The predicted octanol–water partition coefficient (Wildman–Crippen LogP) is 2.97. The van der Waals surface area contributed by atoms with Gasteiger partial charge in [-0.15, -0.1) is 12.4 Å². The number of hydrogen-bond donors (Lipinski definition) is 1. The van der Waals surface area contributed by atoms with Crippen LogP contribution in [0.5, 0.6) is 0 Å².